The van der Waals surface area contributed by atoms with Gasteiger partial charge in [0.05, 0.1) is 5.92 Å². The molecule has 0 aliphatic heterocycles. The lowest BCUT2D eigenvalue weighted by Gasteiger charge is -2.38. The maximum Gasteiger partial charge on any atom is 0.256 e. The van der Waals surface area contributed by atoms with Crippen LogP contribution in [-0.4, -0.2) is 11.8 Å². The van der Waals surface area contributed by atoms with Gasteiger partial charge in [-0.2, -0.15) is 0 Å². The van der Waals surface area contributed by atoms with E-state index in [4.69, 9.17) is 0 Å². The molecular formula is C8H12F4. The van der Waals surface area contributed by atoms with E-state index in [0.29, 0.717) is 0 Å². The summed E-state index contributed by atoms with van der Waals surface area (Å²) >= 11 is 0. The molecule has 0 aromatic heterocycles. The molecule has 1 aliphatic rings. The highest BCUT2D eigenvalue weighted by Crippen LogP contribution is 2.49. The molecule has 0 nitrogen and oxygen atoms in total. The molecule has 72 valence electrons. The highest BCUT2D eigenvalue weighted by Gasteiger charge is 2.56. The second-order valence-corrected chi connectivity index (χ2v) is 3.76. The molecule has 0 heterocycles. The van der Waals surface area contributed by atoms with Crippen LogP contribution in [0.4, 0.5) is 17.6 Å². The van der Waals surface area contributed by atoms with Crippen LogP contribution in [0.2, 0.25) is 0 Å². The predicted molar refractivity (Wildman–Crippen MR) is 37.5 cm³/mol. The lowest BCUT2D eigenvalue weighted by Crippen LogP contribution is -2.46. The van der Waals surface area contributed by atoms with Crippen LogP contribution in [0.25, 0.3) is 0 Å². The van der Waals surface area contributed by atoms with Gasteiger partial charge in [-0.15, -0.1) is 0 Å². The van der Waals surface area contributed by atoms with Crippen LogP contribution in [0.1, 0.15) is 26.7 Å². The summed E-state index contributed by atoms with van der Waals surface area (Å²) in [6, 6.07) is 0. The summed E-state index contributed by atoms with van der Waals surface area (Å²) in [4.78, 5) is 0. The van der Waals surface area contributed by atoms with Crippen LogP contribution >= 0.6 is 0 Å². The van der Waals surface area contributed by atoms with Gasteiger partial charge in [0.25, 0.3) is 11.8 Å². The van der Waals surface area contributed by atoms with E-state index in [9.17, 15) is 17.6 Å². The van der Waals surface area contributed by atoms with Crippen molar-refractivity contribution in [2.24, 2.45) is 11.8 Å². The molecule has 0 aromatic rings. The summed E-state index contributed by atoms with van der Waals surface area (Å²) in [6.45, 7) is 2.36. The molecule has 4 heteroatoms. The van der Waals surface area contributed by atoms with Crippen LogP contribution < -0.4 is 0 Å². The third-order valence-corrected chi connectivity index (χ3v) is 2.51. The van der Waals surface area contributed by atoms with Gasteiger partial charge in [0.1, 0.15) is 0 Å². The first-order chi connectivity index (χ1) is 5.26. The van der Waals surface area contributed by atoms with Crippen LogP contribution in [0, 0.1) is 11.8 Å². The van der Waals surface area contributed by atoms with Crippen molar-refractivity contribution in [3.8, 4) is 0 Å². The first-order valence-corrected chi connectivity index (χ1v) is 4.01. The van der Waals surface area contributed by atoms with Crippen molar-refractivity contribution in [1.29, 1.82) is 0 Å². The summed E-state index contributed by atoms with van der Waals surface area (Å²) in [5, 5.41) is 0. The van der Waals surface area contributed by atoms with E-state index < -0.39 is 36.5 Å². The molecule has 1 saturated carbocycles. The Balaban J connectivity index is 2.84. The van der Waals surface area contributed by atoms with Crippen LogP contribution in [0.5, 0.6) is 0 Å². The quantitative estimate of drug-likeness (QED) is 0.506. The van der Waals surface area contributed by atoms with Crippen molar-refractivity contribution in [2.75, 3.05) is 0 Å². The largest absolute Gasteiger partial charge is 0.256 e. The molecule has 0 bridgehead atoms. The average molecular weight is 184 g/mol. The van der Waals surface area contributed by atoms with Crippen molar-refractivity contribution in [3.05, 3.63) is 0 Å². The van der Waals surface area contributed by atoms with Crippen LogP contribution in [-0.2, 0) is 0 Å². The zero-order valence-electron chi connectivity index (χ0n) is 7.08. The van der Waals surface area contributed by atoms with Gasteiger partial charge in [-0.1, -0.05) is 13.8 Å². The molecule has 0 spiro atoms. The topological polar surface area (TPSA) is 0 Å². The van der Waals surface area contributed by atoms with E-state index >= 15 is 0 Å². The smallest absolute Gasteiger partial charge is 0.206 e. The third-order valence-electron chi connectivity index (χ3n) is 2.51. The second-order valence-electron chi connectivity index (χ2n) is 3.76. The minimum absolute atomic E-state index is 0.413. The number of hydrogen-bond acceptors (Lipinski definition) is 0. The van der Waals surface area contributed by atoms with Crippen molar-refractivity contribution in [2.45, 2.75) is 38.5 Å². The Morgan fingerprint density at radius 1 is 0.917 bits per heavy atom. The van der Waals surface area contributed by atoms with Gasteiger partial charge in [-0.05, 0) is 5.92 Å². The Kier molecular flexibility index (Phi) is 2.13. The van der Waals surface area contributed by atoms with Gasteiger partial charge < -0.3 is 0 Å². The fourth-order valence-electron chi connectivity index (χ4n) is 1.66. The van der Waals surface area contributed by atoms with E-state index in [-0.39, 0.29) is 0 Å². The number of alkyl halides is 4. The lowest BCUT2D eigenvalue weighted by atomic mass is 9.78. The molecule has 0 aromatic carbocycles. The molecule has 0 saturated heterocycles. The molecule has 0 atom stereocenters. The Hall–Kier alpha value is -0.280. The van der Waals surface area contributed by atoms with Crippen molar-refractivity contribution < 1.29 is 17.6 Å². The minimum Gasteiger partial charge on any atom is -0.206 e. The highest BCUT2D eigenvalue weighted by molar-refractivity contribution is 4.92. The lowest BCUT2D eigenvalue weighted by molar-refractivity contribution is -0.208. The first kappa shape index (κ1) is 9.81. The van der Waals surface area contributed by atoms with E-state index in [1.54, 1.807) is 0 Å². The normalized spacial score (nSPS) is 39.5. The summed E-state index contributed by atoms with van der Waals surface area (Å²) in [7, 11) is 0. The number of halogens is 4. The van der Waals surface area contributed by atoms with Gasteiger partial charge in [0, 0.05) is 12.8 Å². The zero-order chi connectivity index (χ0) is 9.57. The molecule has 1 rings (SSSR count). The van der Waals surface area contributed by atoms with Crippen LogP contribution in [0.15, 0.2) is 0 Å². The molecule has 0 unspecified atom stereocenters. The Labute approximate surface area is 69.0 Å². The number of rotatable bonds is 0. The standard InChI is InChI=1S/C8H12F4/c1-5-3-7(9,10)6(2)8(11,12)4-5/h5-6H,3-4H2,1-2H3. The summed E-state index contributed by atoms with van der Waals surface area (Å²) < 4.78 is 51.5. The molecule has 0 amide bonds. The fourth-order valence-corrected chi connectivity index (χ4v) is 1.66. The van der Waals surface area contributed by atoms with E-state index in [1.807, 2.05) is 0 Å². The molecule has 1 fully saturated rings. The molecule has 0 radical (unpaired) electrons. The molecule has 12 heavy (non-hydrogen) atoms. The van der Waals surface area contributed by atoms with Gasteiger partial charge in [0.2, 0.25) is 0 Å². The fraction of sp³-hybridized carbons (Fsp3) is 1.00. The highest BCUT2D eigenvalue weighted by atomic mass is 19.3. The van der Waals surface area contributed by atoms with Gasteiger partial charge >= 0.3 is 0 Å². The maximum atomic E-state index is 12.9. The summed E-state index contributed by atoms with van der Waals surface area (Å²) in [5.41, 5.74) is 0. The van der Waals surface area contributed by atoms with E-state index in [1.165, 1.54) is 6.92 Å². The van der Waals surface area contributed by atoms with Crippen molar-refractivity contribution in [1.82, 2.24) is 0 Å². The SMILES string of the molecule is CC1CC(F)(F)C(C)C(F)(F)C1. The number of hydrogen-bond donors (Lipinski definition) is 0. The van der Waals surface area contributed by atoms with Crippen molar-refractivity contribution in [3.63, 3.8) is 0 Å². The summed E-state index contributed by atoms with van der Waals surface area (Å²) in [6.07, 6.45) is -0.826. The third kappa shape index (κ3) is 1.57. The van der Waals surface area contributed by atoms with Crippen LogP contribution in [0.3, 0.4) is 0 Å². The monoisotopic (exact) mass is 184 g/mol. The Morgan fingerprint density at radius 2 is 1.25 bits per heavy atom. The maximum absolute atomic E-state index is 12.9. The van der Waals surface area contributed by atoms with Gasteiger partial charge in [0.15, 0.2) is 0 Å². The van der Waals surface area contributed by atoms with Gasteiger partial charge in [-0.3, -0.25) is 0 Å². The zero-order valence-corrected chi connectivity index (χ0v) is 7.08. The second kappa shape index (κ2) is 2.60. The van der Waals surface area contributed by atoms with E-state index in [2.05, 4.69) is 0 Å². The molecular weight excluding hydrogens is 172 g/mol. The predicted octanol–water partition coefficient (Wildman–Crippen LogP) is 3.32. The minimum atomic E-state index is -3.21. The molecule has 1 aliphatic carbocycles. The van der Waals surface area contributed by atoms with E-state index in [0.717, 1.165) is 6.92 Å². The summed E-state index contributed by atoms with van der Waals surface area (Å²) in [5.74, 6) is -8.82. The molecule has 0 N–H and O–H groups in total. The average Bonchev–Trinajstić information content (AvgIpc) is 1.80. The Bertz CT molecular complexity index is 158. The van der Waals surface area contributed by atoms with Crippen molar-refractivity contribution >= 4 is 0 Å². The van der Waals surface area contributed by atoms with Gasteiger partial charge in [-0.25, -0.2) is 17.6 Å². The Morgan fingerprint density at radius 3 is 1.58 bits per heavy atom. The first-order valence-electron chi connectivity index (χ1n) is 4.01.